The Balaban J connectivity index is 1.25. The highest BCUT2D eigenvalue weighted by Crippen LogP contribution is 2.60. The van der Waals surface area contributed by atoms with Crippen molar-refractivity contribution in [2.75, 3.05) is 37.2 Å². The molecular formula is C41H49N3O9Si. The molecule has 1 spiro atoms. The lowest BCUT2D eigenvalue weighted by atomic mass is 9.82. The molecule has 1 unspecified atom stereocenters. The van der Waals surface area contributed by atoms with Crippen LogP contribution in [0.5, 0.6) is 11.5 Å². The van der Waals surface area contributed by atoms with E-state index in [0.29, 0.717) is 29.2 Å². The van der Waals surface area contributed by atoms with Gasteiger partial charge >= 0.3 is 5.97 Å². The van der Waals surface area contributed by atoms with Crippen molar-refractivity contribution in [3.63, 3.8) is 0 Å². The van der Waals surface area contributed by atoms with Crippen LogP contribution in [0.3, 0.4) is 0 Å². The summed E-state index contributed by atoms with van der Waals surface area (Å²) in [6.07, 6.45) is 0.612. The van der Waals surface area contributed by atoms with Gasteiger partial charge in [-0.3, -0.25) is 24.1 Å². The predicted octanol–water partition coefficient (Wildman–Crippen LogP) is 4.47. The number of nitrogens with zero attached hydrogens (tertiary/aromatic N) is 3. The van der Waals surface area contributed by atoms with Gasteiger partial charge in [0.05, 0.1) is 66.1 Å². The second-order valence-corrected chi connectivity index (χ2v) is 20.1. The van der Waals surface area contributed by atoms with E-state index in [1.54, 1.807) is 36.2 Å². The van der Waals surface area contributed by atoms with E-state index in [9.17, 15) is 19.5 Å². The fourth-order valence-electron chi connectivity index (χ4n) is 9.35. The van der Waals surface area contributed by atoms with Crippen LogP contribution in [-0.2, 0) is 40.8 Å². The van der Waals surface area contributed by atoms with Crippen LogP contribution in [0.4, 0.5) is 11.4 Å². The predicted molar refractivity (Wildman–Crippen MR) is 204 cm³/mol. The van der Waals surface area contributed by atoms with Crippen molar-refractivity contribution in [3.8, 4) is 11.5 Å². The summed E-state index contributed by atoms with van der Waals surface area (Å²) in [5, 5.41) is 11.2. The molecule has 286 valence electrons. The fourth-order valence-corrected chi connectivity index (χ4v) is 13.4. The average molecular weight is 756 g/mol. The van der Waals surface area contributed by atoms with Gasteiger partial charge in [0.2, 0.25) is 11.8 Å². The quantitative estimate of drug-likeness (QED) is 0.171. The molecule has 4 heterocycles. The van der Waals surface area contributed by atoms with Gasteiger partial charge in [-0.15, -0.1) is 0 Å². The number of carbonyl (C=O) groups excluding carboxylic acids is 4. The molecule has 0 aliphatic carbocycles. The summed E-state index contributed by atoms with van der Waals surface area (Å²) in [6, 6.07) is 20.8. The van der Waals surface area contributed by atoms with Gasteiger partial charge in [-0.25, -0.2) is 0 Å². The number of esters is 1. The van der Waals surface area contributed by atoms with Crippen LogP contribution in [0, 0.1) is 5.92 Å². The number of aliphatic hydroxyl groups is 1. The minimum atomic E-state index is -2.51. The normalized spacial score (nSPS) is 26.3. The van der Waals surface area contributed by atoms with Crippen molar-refractivity contribution in [2.45, 2.75) is 88.7 Å². The maximum atomic E-state index is 15.2. The van der Waals surface area contributed by atoms with E-state index in [1.807, 2.05) is 42.5 Å². The lowest BCUT2D eigenvalue weighted by Gasteiger charge is -2.39. The van der Waals surface area contributed by atoms with Gasteiger partial charge in [0, 0.05) is 30.6 Å². The highest BCUT2D eigenvalue weighted by Gasteiger charge is 2.66. The summed E-state index contributed by atoms with van der Waals surface area (Å²) in [4.78, 5) is 58.3. The molecule has 0 bridgehead atoms. The lowest BCUT2D eigenvalue weighted by Crippen LogP contribution is -2.54. The minimum absolute atomic E-state index is 0.0739. The summed E-state index contributed by atoms with van der Waals surface area (Å²) in [7, 11) is 0.726. The molecule has 12 nitrogen and oxygen atoms in total. The van der Waals surface area contributed by atoms with Crippen molar-refractivity contribution in [2.24, 2.45) is 5.92 Å². The van der Waals surface area contributed by atoms with Gasteiger partial charge in [0.25, 0.3) is 5.91 Å². The largest absolute Gasteiger partial charge is 0.497 e. The Morgan fingerprint density at radius 2 is 1.67 bits per heavy atom. The zero-order chi connectivity index (χ0) is 38.5. The van der Waals surface area contributed by atoms with E-state index in [4.69, 9.17) is 18.9 Å². The van der Waals surface area contributed by atoms with E-state index in [-0.39, 0.29) is 61.2 Å². The number of amides is 3. The number of carbonyl (C=O) groups is 4. The summed E-state index contributed by atoms with van der Waals surface area (Å²) in [5.74, 6) is 0.148. The number of hydrogen-bond donors (Lipinski definition) is 1. The second kappa shape index (κ2) is 14.5. The molecule has 7 rings (SSSR count). The average Bonchev–Trinajstić information content (AvgIpc) is 3.82. The van der Waals surface area contributed by atoms with Crippen molar-refractivity contribution >= 4 is 48.3 Å². The smallest absolute Gasteiger partial charge is 0.304 e. The van der Waals surface area contributed by atoms with Crippen LogP contribution in [0.25, 0.3) is 0 Å². The zero-order valence-corrected chi connectivity index (χ0v) is 32.7. The molecule has 0 radical (unpaired) electrons. The third kappa shape index (κ3) is 6.25. The summed E-state index contributed by atoms with van der Waals surface area (Å²) < 4.78 is 23.6. The molecule has 3 fully saturated rings. The number of methoxy groups -OCH3 is 2. The number of benzene rings is 3. The standard InChI is InChI=1S/C41H49N3O9Si/c1-25-39(54(5,6)32-16-13-30(50-3)14-17-32)35(21-36(47)42-19-7-8-29(42)24-45)53-41(25)33-20-31(51-4)15-18-34(33)43(40(41)49)23-27-9-11-28(12-10-27)44-37(48)22-38(44)52-26(2)46/h9-18,20,25,29,35,38-39,45H,7-8,19,21-24H2,1-6H3/t25-,29+,35+,38?,39-,41+/m1/s1. The van der Waals surface area contributed by atoms with Crippen molar-refractivity contribution < 1.29 is 43.2 Å². The van der Waals surface area contributed by atoms with Crippen LogP contribution < -0.4 is 24.5 Å². The first-order valence-corrected chi connectivity index (χ1v) is 21.7. The van der Waals surface area contributed by atoms with Crippen LogP contribution in [0.15, 0.2) is 66.7 Å². The minimum Gasteiger partial charge on any atom is -0.497 e. The number of rotatable bonds is 11. The van der Waals surface area contributed by atoms with Gasteiger partial charge in [-0.1, -0.05) is 49.5 Å². The Bertz CT molecular complexity index is 1940. The molecule has 1 N–H and O–H groups in total. The summed E-state index contributed by atoms with van der Waals surface area (Å²) >= 11 is 0. The molecule has 6 atom stereocenters. The molecule has 3 saturated heterocycles. The fraction of sp³-hybridized carbons (Fsp3) is 0.463. The summed E-state index contributed by atoms with van der Waals surface area (Å²) in [6.45, 7) is 8.70. The van der Waals surface area contributed by atoms with E-state index in [2.05, 4.69) is 32.2 Å². The Hall–Kier alpha value is -4.72. The number of hydrogen-bond acceptors (Lipinski definition) is 9. The number of fused-ring (bicyclic) bond motifs is 2. The van der Waals surface area contributed by atoms with Crippen LogP contribution in [0.2, 0.25) is 18.6 Å². The van der Waals surface area contributed by atoms with Crippen molar-refractivity contribution in [1.29, 1.82) is 0 Å². The topological polar surface area (TPSA) is 135 Å². The maximum absolute atomic E-state index is 15.2. The number of β-lactam (4-membered cyclic amide) rings is 1. The first-order chi connectivity index (χ1) is 25.8. The molecule has 0 saturated carbocycles. The Morgan fingerprint density at radius 3 is 2.30 bits per heavy atom. The molecule has 3 aromatic carbocycles. The van der Waals surface area contributed by atoms with Crippen LogP contribution in [0.1, 0.15) is 50.7 Å². The Labute approximate surface area is 316 Å². The highest BCUT2D eigenvalue weighted by atomic mass is 28.3. The number of likely N-dealkylation sites (tertiary alicyclic amines) is 1. The second-order valence-electron chi connectivity index (χ2n) is 15.4. The van der Waals surface area contributed by atoms with E-state index in [1.165, 1.54) is 11.8 Å². The number of aliphatic hydroxyl groups excluding tert-OH is 1. The number of anilines is 2. The third-order valence-electron chi connectivity index (χ3n) is 12.1. The van der Waals surface area contributed by atoms with Crippen molar-refractivity contribution in [3.05, 3.63) is 77.9 Å². The molecular weight excluding hydrogens is 707 g/mol. The monoisotopic (exact) mass is 755 g/mol. The zero-order valence-electron chi connectivity index (χ0n) is 31.7. The molecule has 4 aliphatic rings. The molecule has 3 aromatic rings. The first kappa shape index (κ1) is 37.6. The van der Waals surface area contributed by atoms with Gasteiger partial charge in [0.15, 0.2) is 11.8 Å². The van der Waals surface area contributed by atoms with Gasteiger partial charge in [-0.2, -0.15) is 0 Å². The van der Waals surface area contributed by atoms with Gasteiger partial charge < -0.3 is 33.9 Å². The Kier molecular flexibility index (Phi) is 10.1. The number of ether oxygens (including phenoxy) is 4. The molecule has 54 heavy (non-hydrogen) atoms. The Morgan fingerprint density at radius 1 is 0.981 bits per heavy atom. The molecule has 4 aliphatic heterocycles. The van der Waals surface area contributed by atoms with Gasteiger partial charge in [-0.05, 0) is 66.4 Å². The SMILES string of the molecule is COc1ccc([Si](C)(C)[C@H]2[C@H](CC(=O)N3CCC[C@H]3CO)O[C@@]3(C(=O)N(Cc4ccc(N5C(=O)CC5OC(C)=O)cc4)c4ccc(OC)cc43)[C@@H]2C)cc1. The van der Waals surface area contributed by atoms with E-state index >= 15 is 4.79 Å². The first-order valence-electron chi connectivity index (χ1n) is 18.6. The highest BCUT2D eigenvalue weighted by molar-refractivity contribution is 6.91. The lowest BCUT2D eigenvalue weighted by molar-refractivity contribution is -0.154. The third-order valence-corrected chi connectivity index (χ3v) is 16.4. The molecule has 13 heteroatoms. The summed E-state index contributed by atoms with van der Waals surface area (Å²) in [5.41, 5.74) is 1.31. The van der Waals surface area contributed by atoms with Crippen LogP contribution >= 0.6 is 0 Å². The molecule has 3 amide bonds. The van der Waals surface area contributed by atoms with E-state index < -0.39 is 32.0 Å². The maximum Gasteiger partial charge on any atom is 0.304 e. The van der Waals surface area contributed by atoms with Gasteiger partial charge in [0.1, 0.15) is 11.5 Å². The van der Waals surface area contributed by atoms with Crippen LogP contribution in [-0.4, -0.2) is 87.5 Å². The molecule has 0 aromatic heterocycles. The van der Waals surface area contributed by atoms with E-state index in [0.717, 1.165) is 29.3 Å². The van der Waals surface area contributed by atoms with Crippen molar-refractivity contribution in [1.82, 2.24) is 4.90 Å².